The number of hydrogen-bond acceptors (Lipinski definition) is 5. The lowest BCUT2D eigenvalue weighted by atomic mass is 10.2. The van der Waals surface area contributed by atoms with E-state index in [2.05, 4.69) is 4.98 Å². The number of rotatable bonds is 5. The molecule has 4 nitrogen and oxygen atoms in total. The lowest BCUT2D eigenvalue weighted by molar-refractivity contribution is 0.337. The minimum atomic E-state index is 0.629. The molecule has 3 aromatic rings. The Morgan fingerprint density at radius 2 is 2.10 bits per heavy atom. The summed E-state index contributed by atoms with van der Waals surface area (Å²) in [5.74, 6) is 1.56. The summed E-state index contributed by atoms with van der Waals surface area (Å²) < 4.78 is 11.3. The molecule has 0 spiro atoms. The molecule has 0 amide bonds. The molecular weight excluding hydrogens is 284 g/mol. The van der Waals surface area contributed by atoms with Crippen LogP contribution in [0.25, 0.3) is 11.1 Å². The van der Waals surface area contributed by atoms with Gasteiger partial charge in [-0.05, 0) is 37.3 Å². The van der Waals surface area contributed by atoms with E-state index in [1.807, 2.05) is 49.4 Å². The van der Waals surface area contributed by atoms with Crippen LogP contribution in [0.15, 0.2) is 52.1 Å². The maximum atomic E-state index is 5.85. The number of benzene rings is 2. The number of hydrogen-bond donors (Lipinski definition) is 1. The molecular formula is C16H16N2O2S. The highest BCUT2D eigenvalue weighted by Crippen LogP contribution is 2.30. The van der Waals surface area contributed by atoms with Gasteiger partial charge in [0.1, 0.15) is 11.3 Å². The van der Waals surface area contributed by atoms with E-state index >= 15 is 0 Å². The summed E-state index contributed by atoms with van der Waals surface area (Å²) in [5, 5.41) is 0.654. The first-order valence-corrected chi connectivity index (χ1v) is 7.74. The lowest BCUT2D eigenvalue weighted by Gasteiger charge is -2.09. The fourth-order valence-corrected chi connectivity index (χ4v) is 2.88. The van der Waals surface area contributed by atoms with Gasteiger partial charge in [0, 0.05) is 17.0 Å². The van der Waals surface area contributed by atoms with Gasteiger partial charge in [-0.25, -0.2) is 4.98 Å². The summed E-state index contributed by atoms with van der Waals surface area (Å²) in [6, 6.07) is 13.4. The molecule has 0 saturated heterocycles. The van der Waals surface area contributed by atoms with Crippen LogP contribution in [0.1, 0.15) is 12.5 Å². The molecule has 0 aliphatic heterocycles. The number of thioether (sulfide) groups is 1. The molecule has 108 valence electrons. The van der Waals surface area contributed by atoms with Crippen molar-refractivity contribution in [3.63, 3.8) is 0 Å². The fourth-order valence-electron chi connectivity index (χ4n) is 2.06. The molecule has 0 aliphatic carbocycles. The van der Waals surface area contributed by atoms with Crippen LogP contribution in [-0.2, 0) is 5.75 Å². The van der Waals surface area contributed by atoms with Gasteiger partial charge in [0.15, 0.2) is 5.58 Å². The molecule has 5 heteroatoms. The second kappa shape index (κ2) is 6.10. The van der Waals surface area contributed by atoms with Crippen molar-refractivity contribution >= 4 is 28.5 Å². The van der Waals surface area contributed by atoms with E-state index in [-0.39, 0.29) is 0 Å². The summed E-state index contributed by atoms with van der Waals surface area (Å²) in [6.45, 7) is 2.60. The second-order valence-electron chi connectivity index (χ2n) is 4.54. The summed E-state index contributed by atoms with van der Waals surface area (Å²) >= 11 is 1.53. The van der Waals surface area contributed by atoms with Gasteiger partial charge < -0.3 is 14.9 Å². The van der Waals surface area contributed by atoms with Crippen molar-refractivity contribution in [3.05, 3.63) is 48.0 Å². The van der Waals surface area contributed by atoms with Gasteiger partial charge in [0.05, 0.1) is 6.61 Å². The molecule has 0 bridgehead atoms. The van der Waals surface area contributed by atoms with Crippen LogP contribution in [-0.4, -0.2) is 11.6 Å². The zero-order valence-electron chi connectivity index (χ0n) is 11.7. The molecule has 1 heterocycles. The third-order valence-corrected chi connectivity index (χ3v) is 3.89. The molecule has 0 fully saturated rings. The molecule has 0 saturated carbocycles. The predicted octanol–water partition coefficient (Wildman–Crippen LogP) is 4.10. The normalized spacial score (nSPS) is 10.9. The van der Waals surface area contributed by atoms with Gasteiger partial charge >= 0.3 is 0 Å². The lowest BCUT2D eigenvalue weighted by Crippen LogP contribution is -1.97. The number of ether oxygens (including phenoxy) is 1. The van der Waals surface area contributed by atoms with Crippen LogP contribution < -0.4 is 10.5 Å². The summed E-state index contributed by atoms with van der Waals surface area (Å²) in [4.78, 5) is 4.45. The quantitative estimate of drug-likeness (QED) is 0.568. The molecule has 0 atom stereocenters. The summed E-state index contributed by atoms with van der Waals surface area (Å²) in [5.41, 5.74) is 9.30. The van der Waals surface area contributed by atoms with Gasteiger partial charge in [-0.1, -0.05) is 23.9 Å². The highest BCUT2D eigenvalue weighted by Gasteiger charge is 2.09. The van der Waals surface area contributed by atoms with E-state index in [1.165, 1.54) is 11.8 Å². The Morgan fingerprint density at radius 1 is 1.24 bits per heavy atom. The number of fused-ring (bicyclic) bond motifs is 1. The number of nitrogens with zero attached hydrogens (tertiary/aromatic N) is 1. The molecule has 1 aromatic heterocycles. The standard InChI is InChI=1S/C16H16N2O2S/c1-2-19-14-8-7-12(17)9-11(14)10-21-16-18-13-5-3-4-6-15(13)20-16/h3-9H,2,10,17H2,1H3. The average Bonchev–Trinajstić information content (AvgIpc) is 2.90. The number of nitrogen functional groups attached to an aromatic ring is 1. The number of anilines is 1. The van der Waals surface area contributed by atoms with Crippen molar-refractivity contribution in [2.45, 2.75) is 17.9 Å². The molecule has 2 aromatic carbocycles. The molecule has 2 N–H and O–H groups in total. The monoisotopic (exact) mass is 300 g/mol. The molecule has 0 radical (unpaired) electrons. The molecule has 0 unspecified atom stereocenters. The topological polar surface area (TPSA) is 61.3 Å². The van der Waals surface area contributed by atoms with E-state index in [0.717, 1.165) is 28.1 Å². The van der Waals surface area contributed by atoms with Gasteiger partial charge in [0.25, 0.3) is 5.22 Å². The van der Waals surface area contributed by atoms with Crippen LogP contribution in [0.4, 0.5) is 5.69 Å². The van der Waals surface area contributed by atoms with Crippen LogP contribution >= 0.6 is 11.8 Å². The van der Waals surface area contributed by atoms with Crippen molar-refractivity contribution in [2.75, 3.05) is 12.3 Å². The minimum Gasteiger partial charge on any atom is -0.494 e. The first kappa shape index (κ1) is 13.8. The summed E-state index contributed by atoms with van der Waals surface area (Å²) in [6.07, 6.45) is 0. The van der Waals surface area contributed by atoms with Crippen LogP contribution in [0.5, 0.6) is 5.75 Å². The molecule has 3 rings (SSSR count). The Balaban J connectivity index is 1.79. The number of nitrogens with two attached hydrogens (primary N) is 1. The first-order chi connectivity index (χ1) is 10.3. The third kappa shape index (κ3) is 3.13. The zero-order chi connectivity index (χ0) is 14.7. The largest absolute Gasteiger partial charge is 0.494 e. The van der Waals surface area contributed by atoms with Crippen LogP contribution in [0.3, 0.4) is 0 Å². The highest BCUT2D eigenvalue weighted by molar-refractivity contribution is 7.98. The van der Waals surface area contributed by atoms with Crippen LogP contribution in [0.2, 0.25) is 0 Å². The first-order valence-electron chi connectivity index (χ1n) is 6.76. The van der Waals surface area contributed by atoms with E-state index in [4.69, 9.17) is 14.9 Å². The summed E-state index contributed by atoms with van der Waals surface area (Å²) in [7, 11) is 0. The predicted molar refractivity (Wildman–Crippen MR) is 85.6 cm³/mol. The van der Waals surface area contributed by atoms with E-state index < -0.39 is 0 Å². The van der Waals surface area contributed by atoms with Crippen LogP contribution in [0, 0.1) is 0 Å². The minimum absolute atomic E-state index is 0.629. The Bertz CT molecular complexity index is 722. The third-order valence-electron chi connectivity index (χ3n) is 3.01. The highest BCUT2D eigenvalue weighted by atomic mass is 32.2. The Morgan fingerprint density at radius 3 is 2.90 bits per heavy atom. The van der Waals surface area contributed by atoms with Gasteiger partial charge in [-0.2, -0.15) is 0 Å². The zero-order valence-corrected chi connectivity index (χ0v) is 12.5. The number of aromatic nitrogens is 1. The maximum absolute atomic E-state index is 5.85. The second-order valence-corrected chi connectivity index (χ2v) is 5.46. The van der Waals surface area contributed by atoms with Gasteiger partial charge in [0.2, 0.25) is 0 Å². The van der Waals surface area contributed by atoms with Crippen molar-refractivity contribution < 1.29 is 9.15 Å². The van der Waals surface area contributed by atoms with Crippen molar-refractivity contribution in [1.82, 2.24) is 4.98 Å². The van der Waals surface area contributed by atoms with Gasteiger partial charge in [-0.3, -0.25) is 0 Å². The number of para-hydroxylation sites is 2. The Labute approximate surface area is 127 Å². The molecule has 21 heavy (non-hydrogen) atoms. The smallest absolute Gasteiger partial charge is 0.257 e. The van der Waals surface area contributed by atoms with Crippen molar-refractivity contribution in [3.8, 4) is 5.75 Å². The van der Waals surface area contributed by atoms with E-state index in [9.17, 15) is 0 Å². The van der Waals surface area contributed by atoms with Crippen molar-refractivity contribution in [2.24, 2.45) is 0 Å². The molecule has 0 aliphatic rings. The fraction of sp³-hybridized carbons (Fsp3) is 0.188. The van der Waals surface area contributed by atoms with E-state index in [1.54, 1.807) is 0 Å². The van der Waals surface area contributed by atoms with Gasteiger partial charge in [-0.15, -0.1) is 0 Å². The Hall–Kier alpha value is -2.14. The maximum Gasteiger partial charge on any atom is 0.257 e. The van der Waals surface area contributed by atoms with Crippen molar-refractivity contribution in [1.29, 1.82) is 0 Å². The SMILES string of the molecule is CCOc1ccc(N)cc1CSc1nc2ccccc2o1. The Kier molecular flexibility index (Phi) is 4.01. The average molecular weight is 300 g/mol. The number of oxazole rings is 1. The van der Waals surface area contributed by atoms with E-state index in [0.29, 0.717) is 17.6 Å².